The van der Waals surface area contributed by atoms with E-state index in [1.54, 1.807) is 0 Å². The molecule has 0 aliphatic rings. The van der Waals surface area contributed by atoms with Crippen LogP contribution in [0.3, 0.4) is 0 Å². The molecule has 6 heteroatoms. The summed E-state index contributed by atoms with van der Waals surface area (Å²) in [6.45, 7) is 0. The Morgan fingerprint density at radius 1 is 1.46 bits per heavy atom. The molecule has 1 aromatic heterocycles. The summed E-state index contributed by atoms with van der Waals surface area (Å²) < 4.78 is 36.2. The van der Waals surface area contributed by atoms with Gasteiger partial charge in [-0.2, -0.15) is 0 Å². The Bertz CT molecular complexity index is 286. The summed E-state index contributed by atoms with van der Waals surface area (Å²) in [6, 6.07) is 2.46. The van der Waals surface area contributed by atoms with E-state index in [1.807, 2.05) is 0 Å². The third-order valence-electron chi connectivity index (χ3n) is 1.30. The Morgan fingerprint density at radius 2 is 2.15 bits per heavy atom. The molecule has 1 rings (SSSR count). The van der Waals surface area contributed by atoms with E-state index in [2.05, 4.69) is 4.98 Å². The number of pyridine rings is 1. The summed E-state index contributed by atoms with van der Waals surface area (Å²) in [6.07, 6.45) is -2.72. The number of nitrogens with zero attached hydrogens (tertiary/aromatic N) is 2. The minimum atomic E-state index is -4.70. The van der Waals surface area contributed by atoms with Crippen LogP contribution in [0.2, 0.25) is 0 Å². The topological polar surface area (TPSA) is 33.2 Å². The molecule has 0 saturated heterocycles. The van der Waals surface area contributed by atoms with E-state index < -0.39 is 6.30 Å². The predicted molar refractivity (Wildman–Crippen MR) is 38.8 cm³/mol. The molecule has 0 bridgehead atoms. The number of hydrogen-bond acceptors (Lipinski definition) is 2. The first-order valence-corrected chi connectivity index (χ1v) is 3.27. The Labute approximate surface area is 71.8 Å². The van der Waals surface area contributed by atoms with Crippen molar-refractivity contribution in [1.29, 1.82) is 0 Å². The average Bonchev–Trinajstić information content (AvgIpc) is 2.05. The Morgan fingerprint density at radius 3 is 2.54 bits per heavy atom. The van der Waals surface area contributed by atoms with Gasteiger partial charge in [0.1, 0.15) is 0 Å². The second-order valence-electron chi connectivity index (χ2n) is 2.15. The summed E-state index contributed by atoms with van der Waals surface area (Å²) in [5.74, 6) is 0. The molecule has 13 heavy (non-hydrogen) atoms. The van der Waals surface area contributed by atoms with Crippen LogP contribution < -0.4 is 4.90 Å². The van der Waals surface area contributed by atoms with E-state index in [-0.39, 0.29) is 17.0 Å². The van der Waals surface area contributed by atoms with Crippen molar-refractivity contribution in [1.82, 2.24) is 4.98 Å². The van der Waals surface area contributed by atoms with Crippen LogP contribution in [0.15, 0.2) is 24.5 Å². The fraction of sp³-hybridized carbons (Fsp3) is 0.143. The molecule has 0 atom stereocenters. The molecule has 0 fully saturated rings. The molecule has 0 radical (unpaired) electrons. The van der Waals surface area contributed by atoms with E-state index >= 15 is 0 Å². The van der Waals surface area contributed by atoms with Crippen LogP contribution in [0.5, 0.6) is 0 Å². The van der Waals surface area contributed by atoms with Gasteiger partial charge in [0.25, 0.3) is 0 Å². The summed E-state index contributed by atoms with van der Waals surface area (Å²) in [5, 5.41) is 0. The molecule has 0 saturated carbocycles. The third kappa shape index (κ3) is 2.17. The molecule has 1 amide bonds. The van der Waals surface area contributed by atoms with Crippen LogP contribution in [0.4, 0.5) is 18.9 Å². The Hall–Kier alpha value is -1.59. The van der Waals surface area contributed by atoms with Crippen LogP contribution in [0, 0.1) is 0 Å². The van der Waals surface area contributed by atoms with Crippen molar-refractivity contribution < 1.29 is 18.0 Å². The van der Waals surface area contributed by atoms with Gasteiger partial charge in [-0.05, 0) is 12.1 Å². The lowest BCUT2D eigenvalue weighted by Gasteiger charge is -2.19. The van der Waals surface area contributed by atoms with Crippen LogP contribution in [-0.4, -0.2) is 17.7 Å². The highest BCUT2D eigenvalue weighted by Crippen LogP contribution is 2.25. The molecule has 0 unspecified atom stereocenters. The highest BCUT2D eigenvalue weighted by atomic mass is 19.4. The predicted octanol–water partition coefficient (Wildman–Crippen LogP) is 1.56. The van der Waals surface area contributed by atoms with E-state index in [0.29, 0.717) is 0 Å². The van der Waals surface area contributed by atoms with Crippen molar-refractivity contribution in [3.8, 4) is 0 Å². The number of amides is 1. The highest BCUT2D eigenvalue weighted by Gasteiger charge is 2.37. The molecule has 1 aromatic rings. The Kier molecular flexibility index (Phi) is 2.50. The SMILES string of the molecule is O=CN(c1cccnc1)C(F)(F)F. The molecule has 0 aliphatic carbocycles. The van der Waals surface area contributed by atoms with Crippen molar-refractivity contribution in [2.24, 2.45) is 0 Å². The lowest BCUT2D eigenvalue weighted by Crippen LogP contribution is -2.36. The largest absolute Gasteiger partial charge is 0.491 e. The van der Waals surface area contributed by atoms with Gasteiger partial charge in [0.15, 0.2) is 0 Å². The van der Waals surface area contributed by atoms with Crippen LogP contribution in [-0.2, 0) is 4.79 Å². The fourth-order valence-corrected chi connectivity index (χ4v) is 0.763. The maximum absolute atomic E-state index is 12.1. The normalized spacial score (nSPS) is 11.0. The number of carbonyl (C=O) groups is 1. The second-order valence-corrected chi connectivity index (χ2v) is 2.15. The van der Waals surface area contributed by atoms with Gasteiger partial charge >= 0.3 is 6.30 Å². The lowest BCUT2D eigenvalue weighted by molar-refractivity contribution is -0.141. The van der Waals surface area contributed by atoms with Crippen molar-refractivity contribution in [2.45, 2.75) is 6.30 Å². The standard InChI is InChI=1S/C7H5F3N2O/c8-7(9,10)12(5-13)6-2-1-3-11-4-6/h1-5H. The molecular formula is C7H5F3N2O. The second kappa shape index (κ2) is 3.42. The number of hydrogen-bond donors (Lipinski definition) is 0. The summed E-state index contributed by atoms with van der Waals surface area (Å²) >= 11 is 0. The van der Waals surface area contributed by atoms with Gasteiger partial charge in [0.05, 0.1) is 11.9 Å². The van der Waals surface area contributed by atoms with Gasteiger partial charge in [-0.15, -0.1) is 13.2 Å². The van der Waals surface area contributed by atoms with Gasteiger partial charge in [-0.25, -0.2) is 4.90 Å². The van der Waals surface area contributed by atoms with Crippen LogP contribution in [0.25, 0.3) is 0 Å². The number of aromatic nitrogens is 1. The van der Waals surface area contributed by atoms with Crippen molar-refractivity contribution in [2.75, 3.05) is 4.90 Å². The molecule has 70 valence electrons. The lowest BCUT2D eigenvalue weighted by atomic mass is 10.4. The smallest absolute Gasteiger partial charge is 0.278 e. The summed E-state index contributed by atoms with van der Waals surface area (Å²) in [7, 11) is 0. The first kappa shape index (κ1) is 9.50. The number of anilines is 1. The summed E-state index contributed by atoms with van der Waals surface area (Å²) in [5.41, 5.74) is -0.301. The van der Waals surface area contributed by atoms with Crippen LogP contribution >= 0.6 is 0 Å². The molecule has 0 N–H and O–H groups in total. The summed E-state index contributed by atoms with van der Waals surface area (Å²) in [4.78, 5) is 13.2. The van der Waals surface area contributed by atoms with Crippen molar-refractivity contribution in [3.63, 3.8) is 0 Å². The van der Waals surface area contributed by atoms with Gasteiger partial charge in [-0.1, -0.05) is 0 Å². The monoisotopic (exact) mass is 190 g/mol. The molecule has 1 heterocycles. The molecule has 0 aromatic carbocycles. The maximum atomic E-state index is 12.1. The molecular weight excluding hydrogens is 185 g/mol. The average molecular weight is 190 g/mol. The highest BCUT2D eigenvalue weighted by molar-refractivity contribution is 5.75. The maximum Gasteiger partial charge on any atom is 0.491 e. The third-order valence-corrected chi connectivity index (χ3v) is 1.30. The van der Waals surface area contributed by atoms with Gasteiger partial charge in [0, 0.05) is 6.20 Å². The number of carbonyl (C=O) groups excluding carboxylic acids is 1. The van der Waals surface area contributed by atoms with E-state index in [4.69, 9.17) is 0 Å². The van der Waals surface area contributed by atoms with Crippen LogP contribution in [0.1, 0.15) is 0 Å². The quantitative estimate of drug-likeness (QED) is 0.523. The zero-order valence-electron chi connectivity index (χ0n) is 6.32. The zero-order chi connectivity index (χ0) is 9.90. The first-order chi connectivity index (χ1) is 6.05. The van der Waals surface area contributed by atoms with E-state index in [0.717, 1.165) is 12.3 Å². The number of halogens is 3. The van der Waals surface area contributed by atoms with Gasteiger partial charge < -0.3 is 0 Å². The van der Waals surface area contributed by atoms with Crippen molar-refractivity contribution in [3.05, 3.63) is 24.5 Å². The van der Waals surface area contributed by atoms with Gasteiger partial charge in [-0.3, -0.25) is 9.78 Å². The number of alkyl halides is 3. The molecule has 0 aliphatic heterocycles. The molecule has 0 spiro atoms. The van der Waals surface area contributed by atoms with E-state index in [1.165, 1.54) is 12.3 Å². The van der Waals surface area contributed by atoms with Gasteiger partial charge in [0.2, 0.25) is 6.41 Å². The minimum absolute atomic E-state index is 0.295. The number of rotatable bonds is 2. The molecule has 3 nitrogen and oxygen atoms in total. The first-order valence-electron chi connectivity index (χ1n) is 3.27. The fourth-order valence-electron chi connectivity index (χ4n) is 0.763. The van der Waals surface area contributed by atoms with Crippen molar-refractivity contribution >= 4 is 12.1 Å². The minimum Gasteiger partial charge on any atom is -0.278 e. The Balaban J connectivity index is 2.99. The van der Waals surface area contributed by atoms with E-state index in [9.17, 15) is 18.0 Å². The zero-order valence-corrected chi connectivity index (χ0v) is 6.32.